The van der Waals surface area contributed by atoms with Crippen molar-refractivity contribution in [2.45, 2.75) is 123 Å². The van der Waals surface area contributed by atoms with Crippen molar-refractivity contribution in [3.05, 3.63) is 71.8 Å². The van der Waals surface area contributed by atoms with Crippen LogP contribution in [0.5, 0.6) is 0 Å². The predicted octanol–water partition coefficient (Wildman–Crippen LogP) is 7.81. The number of nitrogens with zero attached hydrogens (tertiary/aromatic N) is 4. The summed E-state index contributed by atoms with van der Waals surface area (Å²) in [4.78, 5) is 18.0. The van der Waals surface area contributed by atoms with Gasteiger partial charge in [-0.2, -0.15) is 0 Å². The largest absolute Gasteiger partial charge is 0.370 e. The Bertz CT molecular complexity index is 1220. The highest BCUT2D eigenvalue weighted by molar-refractivity contribution is 6.01. The van der Waals surface area contributed by atoms with Crippen molar-refractivity contribution in [1.29, 1.82) is 0 Å². The summed E-state index contributed by atoms with van der Waals surface area (Å²) in [6, 6.07) is 20.3. The molecule has 284 valence electrons. The number of nitrogens with two attached hydrogens (primary N) is 2. The monoisotopic (exact) mass is 754 g/mol. The molecule has 0 amide bonds. The van der Waals surface area contributed by atoms with Crippen molar-refractivity contribution in [3.8, 4) is 0 Å². The average molecular weight is 756 g/mol. The number of hydrogen-bond donors (Lipinski definition) is 6. The van der Waals surface area contributed by atoms with Crippen molar-refractivity contribution < 1.29 is 0 Å². The first-order valence-corrected chi connectivity index (χ1v) is 17.8. The van der Waals surface area contributed by atoms with E-state index < -0.39 is 0 Å². The van der Waals surface area contributed by atoms with Gasteiger partial charge in [-0.1, -0.05) is 140 Å². The zero-order chi connectivity index (χ0) is 34.0. The molecule has 3 rings (SSSR count). The molecule has 2 aromatic rings. The van der Waals surface area contributed by atoms with Crippen LogP contribution in [0.4, 0.5) is 0 Å². The molecule has 0 unspecified atom stereocenters. The third-order valence-corrected chi connectivity index (χ3v) is 8.03. The van der Waals surface area contributed by atoms with E-state index in [1.807, 2.05) is 48.5 Å². The van der Waals surface area contributed by atoms with Gasteiger partial charge < -0.3 is 22.1 Å². The molecule has 0 radical (unpaired) electrons. The second-order valence-corrected chi connectivity index (χ2v) is 12.0. The van der Waals surface area contributed by atoms with Crippen LogP contribution in [0.1, 0.15) is 116 Å². The maximum Gasteiger partial charge on any atom is 0.200 e. The fourth-order valence-electron chi connectivity index (χ4n) is 4.97. The van der Waals surface area contributed by atoms with Gasteiger partial charge in [-0.3, -0.25) is 20.6 Å². The number of nitrogens with one attached hydrogen (secondary N) is 4. The summed E-state index contributed by atoms with van der Waals surface area (Å²) in [6.45, 7) is 11.6. The third kappa shape index (κ3) is 21.8. The molecule has 1 aliphatic rings. The van der Waals surface area contributed by atoms with Gasteiger partial charge in [0, 0.05) is 13.1 Å². The van der Waals surface area contributed by atoms with Gasteiger partial charge in [0.1, 0.15) is 5.66 Å². The van der Waals surface area contributed by atoms with Crippen molar-refractivity contribution in [2.75, 3.05) is 13.1 Å². The molecule has 1 heterocycles. The Morgan fingerprint density at radius 3 is 1.56 bits per heavy atom. The van der Waals surface area contributed by atoms with Crippen LogP contribution in [0.25, 0.3) is 0 Å². The molecule has 0 saturated carbocycles. The number of halogens is 3. The summed E-state index contributed by atoms with van der Waals surface area (Å²) in [5.41, 5.74) is 13.7. The van der Waals surface area contributed by atoms with E-state index in [4.69, 9.17) is 21.5 Å². The average Bonchev–Trinajstić information content (AvgIpc) is 3.10. The summed E-state index contributed by atoms with van der Waals surface area (Å²) < 4.78 is 0. The van der Waals surface area contributed by atoms with Crippen LogP contribution in [0.15, 0.2) is 80.6 Å². The molecule has 0 spiro atoms. The third-order valence-electron chi connectivity index (χ3n) is 8.03. The zero-order valence-electron chi connectivity index (χ0n) is 30.8. The molecule has 0 bridgehead atoms. The highest BCUT2D eigenvalue weighted by Crippen LogP contribution is 2.14. The van der Waals surface area contributed by atoms with E-state index in [-0.39, 0.29) is 42.9 Å². The Labute approximate surface area is 321 Å². The molecule has 8 N–H and O–H groups in total. The lowest BCUT2D eigenvalue weighted by Gasteiger charge is -2.40. The summed E-state index contributed by atoms with van der Waals surface area (Å²) in [5, 5.41) is 13.2. The van der Waals surface area contributed by atoms with E-state index in [1.54, 1.807) is 0 Å². The van der Waals surface area contributed by atoms with Gasteiger partial charge in [0.15, 0.2) is 23.8 Å². The van der Waals surface area contributed by atoms with E-state index in [9.17, 15) is 0 Å². The summed E-state index contributed by atoms with van der Waals surface area (Å²) in [7, 11) is 0. The van der Waals surface area contributed by atoms with E-state index >= 15 is 0 Å². The number of unbranched alkanes of at least 4 members (excludes halogenated alkanes) is 8. The molecular weight excluding hydrogens is 691 g/mol. The molecule has 2 aromatic carbocycles. The number of aliphatic imine (C=N–C) groups is 4. The van der Waals surface area contributed by atoms with Crippen molar-refractivity contribution in [3.63, 3.8) is 0 Å². The lowest BCUT2D eigenvalue weighted by molar-refractivity contribution is 0.307. The minimum atomic E-state index is -0.179. The first kappa shape index (κ1) is 48.9. The van der Waals surface area contributed by atoms with Crippen LogP contribution >= 0.6 is 37.2 Å². The minimum Gasteiger partial charge on any atom is -0.370 e. The van der Waals surface area contributed by atoms with E-state index in [0.29, 0.717) is 25.0 Å². The Kier molecular flexibility index (Phi) is 29.9. The normalized spacial score (nSPS) is 15.1. The molecule has 0 aliphatic carbocycles. The van der Waals surface area contributed by atoms with E-state index in [2.05, 4.69) is 71.1 Å². The van der Waals surface area contributed by atoms with Gasteiger partial charge in [-0.25, -0.2) is 9.98 Å². The lowest BCUT2D eigenvalue weighted by Crippen LogP contribution is -2.70. The van der Waals surface area contributed by atoms with E-state index in [1.165, 1.54) is 56.9 Å². The first-order valence-electron chi connectivity index (χ1n) is 17.8. The van der Waals surface area contributed by atoms with E-state index in [0.717, 1.165) is 56.3 Å². The minimum absolute atomic E-state index is 0. The smallest absolute Gasteiger partial charge is 0.200 e. The molecule has 0 aromatic heterocycles. The van der Waals surface area contributed by atoms with Crippen molar-refractivity contribution in [2.24, 2.45) is 31.4 Å². The molecule has 0 atom stereocenters. The highest BCUT2D eigenvalue weighted by Gasteiger charge is 2.32. The van der Waals surface area contributed by atoms with Gasteiger partial charge >= 0.3 is 0 Å². The highest BCUT2D eigenvalue weighted by atomic mass is 35.5. The second kappa shape index (κ2) is 30.6. The number of hydrogen-bond acceptors (Lipinski definition) is 4. The maximum atomic E-state index is 5.77. The Hall–Kier alpha value is -3.21. The molecule has 1 fully saturated rings. The Morgan fingerprint density at radius 1 is 0.580 bits per heavy atom. The fourth-order valence-corrected chi connectivity index (χ4v) is 4.97. The maximum absolute atomic E-state index is 5.77. The van der Waals surface area contributed by atoms with Crippen LogP contribution in [0.2, 0.25) is 0 Å². The summed E-state index contributed by atoms with van der Waals surface area (Å²) in [6.07, 6.45) is 14.3. The standard InChI is InChI=1S/C21H35N5.C16H27N5.3ClH/c1-4-7-8-9-13-16-22-19-24-20(26-21(5-2,6-3)25-19)23-17-18-14-11-10-12-15-18;1-2-3-4-5-9-12-19-15(17)21-16(18)20-13-14-10-7-6-8-11-14;;;/h10-12,14-15H,4-9,13,16-17H2,1-3H3,(H3,22,23,24,25,26);6-8,10-11H,2-5,9,12-13H2,1H3,(H5,17,18,19,20,21);3*1H. The van der Waals surface area contributed by atoms with Crippen LogP contribution in [0.3, 0.4) is 0 Å². The van der Waals surface area contributed by atoms with Crippen LogP contribution in [-0.4, -0.2) is 42.6 Å². The molecular formula is C37H65Cl3N10. The quantitative estimate of drug-likeness (QED) is 0.0520. The van der Waals surface area contributed by atoms with Gasteiger partial charge in [0.2, 0.25) is 0 Å². The first-order chi connectivity index (χ1) is 22.9. The van der Waals surface area contributed by atoms with Gasteiger partial charge in [0.25, 0.3) is 0 Å². The second-order valence-electron chi connectivity index (χ2n) is 12.0. The van der Waals surface area contributed by atoms with Crippen molar-refractivity contribution in [1.82, 2.24) is 21.3 Å². The summed E-state index contributed by atoms with van der Waals surface area (Å²) >= 11 is 0. The van der Waals surface area contributed by atoms with Crippen LogP contribution in [0, 0.1) is 0 Å². The van der Waals surface area contributed by atoms with Crippen molar-refractivity contribution >= 4 is 61.1 Å². The molecule has 10 nitrogen and oxygen atoms in total. The van der Waals surface area contributed by atoms with Gasteiger partial charge in [0.05, 0.1) is 13.1 Å². The predicted molar refractivity (Wildman–Crippen MR) is 223 cm³/mol. The Morgan fingerprint density at radius 2 is 1.04 bits per heavy atom. The number of benzene rings is 2. The van der Waals surface area contributed by atoms with Gasteiger partial charge in [-0.05, 0) is 36.8 Å². The number of guanidine groups is 4. The molecule has 1 saturated heterocycles. The molecule has 50 heavy (non-hydrogen) atoms. The zero-order valence-corrected chi connectivity index (χ0v) is 33.2. The van der Waals surface area contributed by atoms with Gasteiger partial charge in [-0.15, -0.1) is 37.2 Å². The topological polar surface area (TPSA) is 150 Å². The number of rotatable bonds is 18. The van der Waals surface area contributed by atoms with Crippen LogP contribution < -0.4 is 32.7 Å². The van der Waals surface area contributed by atoms with Crippen LogP contribution in [-0.2, 0) is 13.1 Å². The molecule has 13 heteroatoms. The lowest BCUT2D eigenvalue weighted by atomic mass is 10.0. The summed E-state index contributed by atoms with van der Waals surface area (Å²) in [5.74, 6) is 2.28. The SMILES string of the molecule is CCCCCCCN=C(N)NC(N)=NCc1ccccc1.CCCCCCCN=C1NC(=NCc2ccccc2)NC(CC)(CC)N1.Cl.Cl.Cl. The Balaban J connectivity index is 0. The molecule has 1 aliphatic heterocycles. The fraction of sp³-hybridized carbons (Fsp3) is 0.568.